The van der Waals surface area contributed by atoms with Crippen molar-refractivity contribution >= 4 is 15.9 Å². The van der Waals surface area contributed by atoms with E-state index in [-0.39, 0.29) is 0 Å². The molecule has 1 unspecified atom stereocenters. The zero-order valence-electron chi connectivity index (χ0n) is 5.71. The molecule has 0 radical (unpaired) electrons. The summed E-state index contributed by atoms with van der Waals surface area (Å²) in [4.78, 5) is 4.21. The van der Waals surface area contributed by atoms with E-state index >= 15 is 0 Å². The van der Waals surface area contributed by atoms with Crippen molar-refractivity contribution in [2.45, 2.75) is 25.8 Å². The van der Waals surface area contributed by atoms with Crippen LogP contribution in [-0.2, 0) is 6.42 Å². The largest absolute Gasteiger partial charge is 0.246 e. The highest BCUT2D eigenvalue weighted by Crippen LogP contribution is 2.23. The number of nitrogens with zero attached hydrogens (tertiary/aromatic N) is 3. The first kappa shape index (κ1) is 6.34. The Morgan fingerprint density at radius 1 is 1.70 bits per heavy atom. The SMILES string of the molecule is CC1CCc2nc(Br)nn21. The average Bonchev–Trinajstić information content (AvgIpc) is 2.35. The topological polar surface area (TPSA) is 30.7 Å². The molecule has 0 saturated heterocycles. The molecule has 2 rings (SSSR count). The van der Waals surface area contributed by atoms with Gasteiger partial charge < -0.3 is 0 Å². The minimum absolute atomic E-state index is 0.536. The Kier molecular flexibility index (Phi) is 1.30. The van der Waals surface area contributed by atoms with Crippen LogP contribution in [0, 0.1) is 0 Å². The summed E-state index contributed by atoms with van der Waals surface area (Å²) < 4.78 is 2.71. The molecule has 0 fully saturated rings. The van der Waals surface area contributed by atoms with Crippen molar-refractivity contribution in [3.05, 3.63) is 10.6 Å². The molecule has 4 heteroatoms. The first-order valence-electron chi connectivity index (χ1n) is 3.38. The van der Waals surface area contributed by atoms with Gasteiger partial charge in [-0.1, -0.05) is 0 Å². The van der Waals surface area contributed by atoms with Crippen molar-refractivity contribution in [1.82, 2.24) is 14.8 Å². The van der Waals surface area contributed by atoms with E-state index in [0.717, 1.165) is 12.2 Å². The highest BCUT2D eigenvalue weighted by Gasteiger charge is 2.20. The summed E-state index contributed by atoms with van der Waals surface area (Å²) in [7, 11) is 0. The average molecular weight is 202 g/mol. The molecule has 1 aromatic heterocycles. The Balaban J connectivity index is 2.49. The highest BCUT2D eigenvalue weighted by molar-refractivity contribution is 9.10. The molecule has 1 aliphatic heterocycles. The molecular formula is C6H8BrN3. The zero-order chi connectivity index (χ0) is 7.14. The lowest BCUT2D eigenvalue weighted by molar-refractivity contribution is 0.519. The summed E-state index contributed by atoms with van der Waals surface area (Å²) in [5.74, 6) is 1.11. The molecule has 1 aliphatic rings. The molecule has 0 amide bonds. The van der Waals surface area contributed by atoms with Gasteiger partial charge in [0.2, 0.25) is 4.73 Å². The summed E-state index contributed by atoms with van der Waals surface area (Å²) >= 11 is 3.24. The number of hydrogen-bond donors (Lipinski definition) is 0. The first-order valence-corrected chi connectivity index (χ1v) is 4.17. The predicted molar refractivity (Wildman–Crippen MR) is 40.8 cm³/mol. The van der Waals surface area contributed by atoms with Gasteiger partial charge in [0.25, 0.3) is 0 Å². The molecule has 0 aromatic carbocycles. The lowest BCUT2D eigenvalue weighted by Crippen LogP contribution is -2.00. The maximum Gasteiger partial charge on any atom is 0.217 e. The second-order valence-electron chi connectivity index (χ2n) is 2.63. The second-order valence-corrected chi connectivity index (χ2v) is 3.34. The summed E-state index contributed by atoms with van der Waals surface area (Å²) in [6, 6.07) is 0.536. The van der Waals surface area contributed by atoms with Gasteiger partial charge in [-0.05, 0) is 29.3 Å². The van der Waals surface area contributed by atoms with Crippen LogP contribution in [0.2, 0.25) is 0 Å². The monoisotopic (exact) mass is 201 g/mol. The Labute approximate surface area is 67.6 Å². The molecule has 2 heterocycles. The van der Waals surface area contributed by atoms with E-state index in [1.165, 1.54) is 6.42 Å². The second kappa shape index (κ2) is 2.05. The Morgan fingerprint density at radius 3 is 3.20 bits per heavy atom. The van der Waals surface area contributed by atoms with Crippen molar-refractivity contribution in [3.8, 4) is 0 Å². The van der Waals surface area contributed by atoms with Gasteiger partial charge in [-0.25, -0.2) is 9.67 Å². The van der Waals surface area contributed by atoms with Gasteiger partial charge in [0, 0.05) is 6.42 Å². The molecule has 0 aliphatic carbocycles. The lowest BCUT2D eigenvalue weighted by Gasteiger charge is -2.00. The Morgan fingerprint density at radius 2 is 2.50 bits per heavy atom. The maximum atomic E-state index is 4.21. The number of hydrogen-bond acceptors (Lipinski definition) is 2. The summed E-state index contributed by atoms with van der Waals surface area (Å²) in [5.41, 5.74) is 0. The fourth-order valence-electron chi connectivity index (χ4n) is 1.31. The van der Waals surface area contributed by atoms with Gasteiger partial charge in [-0.2, -0.15) is 0 Å². The van der Waals surface area contributed by atoms with E-state index < -0.39 is 0 Å². The van der Waals surface area contributed by atoms with Crippen molar-refractivity contribution in [1.29, 1.82) is 0 Å². The third kappa shape index (κ3) is 0.785. The number of aromatic nitrogens is 3. The maximum absolute atomic E-state index is 4.21. The molecule has 0 spiro atoms. The smallest absolute Gasteiger partial charge is 0.217 e. The van der Waals surface area contributed by atoms with Crippen LogP contribution in [0.1, 0.15) is 25.2 Å². The Hall–Kier alpha value is -0.380. The number of halogens is 1. The number of aryl methyl sites for hydroxylation is 1. The minimum Gasteiger partial charge on any atom is -0.246 e. The van der Waals surface area contributed by atoms with Gasteiger partial charge >= 0.3 is 0 Å². The van der Waals surface area contributed by atoms with E-state index in [2.05, 4.69) is 32.9 Å². The molecule has 0 saturated carbocycles. The molecule has 3 nitrogen and oxygen atoms in total. The molecule has 1 aromatic rings. The van der Waals surface area contributed by atoms with E-state index in [9.17, 15) is 0 Å². The molecule has 10 heavy (non-hydrogen) atoms. The molecular weight excluding hydrogens is 194 g/mol. The summed E-state index contributed by atoms with van der Waals surface area (Å²) in [6.07, 6.45) is 2.25. The first-order chi connectivity index (χ1) is 4.77. The van der Waals surface area contributed by atoms with Crippen molar-refractivity contribution in [2.24, 2.45) is 0 Å². The number of fused-ring (bicyclic) bond motifs is 1. The van der Waals surface area contributed by atoms with Crippen LogP contribution in [0.15, 0.2) is 4.73 Å². The summed E-state index contributed by atoms with van der Waals surface area (Å²) in [6.45, 7) is 2.16. The van der Waals surface area contributed by atoms with Gasteiger partial charge in [-0.15, -0.1) is 5.10 Å². The van der Waals surface area contributed by atoms with Crippen LogP contribution < -0.4 is 0 Å². The van der Waals surface area contributed by atoms with E-state index in [4.69, 9.17) is 0 Å². The van der Waals surface area contributed by atoms with Gasteiger partial charge in [0.05, 0.1) is 6.04 Å². The van der Waals surface area contributed by atoms with Crippen LogP contribution >= 0.6 is 15.9 Å². The predicted octanol–water partition coefficient (Wildman–Crippen LogP) is 1.55. The Bertz CT molecular complexity index is 255. The van der Waals surface area contributed by atoms with E-state index in [1.807, 2.05) is 4.68 Å². The van der Waals surface area contributed by atoms with Crippen molar-refractivity contribution in [3.63, 3.8) is 0 Å². The lowest BCUT2D eigenvalue weighted by atomic mass is 10.2. The van der Waals surface area contributed by atoms with E-state index in [1.54, 1.807) is 0 Å². The fraction of sp³-hybridized carbons (Fsp3) is 0.667. The van der Waals surface area contributed by atoms with Crippen molar-refractivity contribution < 1.29 is 0 Å². The highest BCUT2D eigenvalue weighted by atomic mass is 79.9. The van der Waals surface area contributed by atoms with Crippen LogP contribution in [0.4, 0.5) is 0 Å². The van der Waals surface area contributed by atoms with Gasteiger partial charge in [-0.3, -0.25) is 0 Å². The van der Waals surface area contributed by atoms with Crippen LogP contribution in [0.3, 0.4) is 0 Å². The third-order valence-electron chi connectivity index (χ3n) is 1.88. The molecule has 0 N–H and O–H groups in total. The normalized spacial score (nSPS) is 23.2. The molecule has 1 atom stereocenters. The van der Waals surface area contributed by atoms with Crippen LogP contribution in [-0.4, -0.2) is 14.8 Å². The van der Waals surface area contributed by atoms with Crippen LogP contribution in [0.5, 0.6) is 0 Å². The van der Waals surface area contributed by atoms with Gasteiger partial charge in [0.1, 0.15) is 5.82 Å². The molecule has 54 valence electrons. The third-order valence-corrected chi connectivity index (χ3v) is 2.22. The summed E-state index contributed by atoms with van der Waals surface area (Å²) in [5, 5.41) is 4.19. The molecule has 0 bridgehead atoms. The standard InChI is InChI=1S/C6H8BrN3/c1-4-2-3-5-8-6(7)9-10(4)5/h4H,2-3H2,1H3. The zero-order valence-corrected chi connectivity index (χ0v) is 7.30. The fourth-order valence-corrected chi connectivity index (χ4v) is 1.69. The number of rotatable bonds is 0. The quantitative estimate of drug-likeness (QED) is 0.638. The van der Waals surface area contributed by atoms with Gasteiger partial charge in [0.15, 0.2) is 0 Å². The van der Waals surface area contributed by atoms with E-state index in [0.29, 0.717) is 10.8 Å². The van der Waals surface area contributed by atoms with Crippen molar-refractivity contribution in [2.75, 3.05) is 0 Å². The van der Waals surface area contributed by atoms with Crippen LogP contribution in [0.25, 0.3) is 0 Å². The minimum atomic E-state index is 0.536.